The van der Waals surface area contributed by atoms with Crippen LogP contribution in [0.4, 0.5) is 20.6 Å². The maximum atomic E-state index is 13.8. The summed E-state index contributed by atoms with van der Waals surface area (Å²) in [5.41, 5.74) is 2.79. The Balaban J connectivity index is 1.63. The van der Waals surface area contributed by atoms with Gasteiger partial charge in [-0.1, -0.05) is 25.5 Å². The summed E-state index contributed by atoms with van der Waals surface area (Å²) < 4.78 is 24.6. The summed E-state index contributed by atoms with van der Waals surface area (Å²) in [6.45, 7) is 2.21. The van der Waals surface area contributed by atoms with Crippen molar-refractivity contribution in [3.8, 4) is 22.8 Å². The Morgan fingerprint density at radius 3 is 2.82 bits per heavy atom. The van der Waals surface area contributed by atoms with Crippen LogP contribution in [0.5, 0.6) is 11.5 Å². The van der Waals surface area contributed by atoms with Gasteiger partial charge in [0.15, 0.2) is 11.5 Å². The number of carbonyl (C=O) groups excluding carboxylic acids is 1. The standard InChI is InChI=1S/C20H19FN4O3/c1-2-5-15-19(23-20(26)22-14-7-4-3-6-13(14)21)18(25-24-15)12-8-9-16-17(10-12)28-11-27-16/h3-4,6-10H,2,5,11H2,1H3,(H,24,25)(H2,22,23,26). The predicted molar refractivity (Wildman–Crippen MR) is 103 cm³/mol. The lowest BCUT2D eigenvalue weighted by molar-refractivity contribution is 0.174. The molecule has 1 aromatic heterocycles. The zero-order chi connectivity index (χ0) is 19.5. The molecule has 28 heavy (non-hydrogen) atoms. The minimum absolute atomic E-state index is 0.102. The quantitative estimate of drug-likeness (QED) is 0.604. The molecular weight excluding hydrogens is 363 g/mol. The fourth-order valence-electron chi connectivity index (χ4n) is 3.03. The van der Waals surface area contributed by atoms with Crippen LogP contribution in [0.3, 0.4) is 0 Å². The number of carbonyl (C=O) groups is 1. The van der Waals surface area contributed by atoms with Crippen LogP contribution in [0.15, 0.2) is 42.5 Å². The molecule has 2 heterocycles. The lowest BCUT2D eigenvalue weighted by atomic mass is 10.1. The monoisotopic (exact) mass is 382 g/mol. The maximum absolute atomic E-state index is 13.8. The zero-order valence-electron chi connectivity index (χ0n) is 15.2. The van der Waals surface area contributed by atoms with Crippen LogP contribution >= 0.6 is 0 Å². The number of halogens is 1. The van der Waals surface area contributed by atoms with Gasteiger partial charge < -0.3 is 20.1 Å². The summed E-state index contributed by atoms with van der Waals surface area (Å²) in [5, 5.41) is 12.7. The molecule has 4 rings (SSSR count). The van der Waals surface area contributed by atoms with E-state index in [9.17, 15) is 9.18 Å². The zero-order valence-corrected chi connectivity index (χ0v) is 15.2. The van der Waals surface area contributed by atoms with Crippen molar-refractivity contribution in [1.29, 1.82) is 0 Å². The van der Waals surface area contributed by atoms with Crippen LogP contribution < -0.4 is 20.1 Å². The first-order valence-corrected chi connectivity index (χ1v) is 8.95. The molecule has 1 aliphatic heterocycles. The topological polar surface area (TPSA) is 88.3 Å². The van der Waals surface area contributed by atoms with Crippen LogP contribution in [0.1, 0.15) is 19.0 Å². The second-order valence-electron chi connectivity index (χ2n) is 6.30. The molecule has 0 atom stereocenters. The third-order valence-electron chi connectivity index (χ3n) is 4.35. The van der Waals surface area contributed by atoms with Crippen LogP contribution in [0.2, 0.25) is 0 Å². The molecule has 3 aromatic rings. The Morgan fingerprint density at radius 2 is 2.00 bits per heavy atom. The van der Waals surface area contributed by atoms with Gasteiger partial charge in [0.05, 0.1) is 17.1 Å². The van der Waals surface area contributed by atoms with Crippen molar-refractivity contribution in [2.24, 2.45) is 0 Å². The molecule has 3 N–H and O–H groups in total. The van der Waals surface area contributed by atoms with Gasteiger partial charge in [0.25, 0.3) is 0 Å². The molecule has 8 heteroatoms. The third-order valence-corrected chi connectivity index (χ3v) is 4.35. The number of nitrogens with zero attached hydrogens (tertiary/aromatic N) is 1. The van der Waals surface area contributed by atoms with Crippen molar-refractivity contribution in [3.63, 3.8) is 0 Å². The summed E-state index contributed by atoms with van der Waals surface area (Å²) in [7, 11) is 0. The lowest BCUT2D eigenvalue weighted by Gasteiger charge is -2.10. The first-order valence-electron chi connectivity index (χ1n) is 8.95. The van der Waals surface area contributed by atoms with Crippen molar-refractivity contribution in [2.75, 3.05) is 17.4 Å². The van der Waals surface area contributed by atoms with Crippen LogP contribution in [0.25, 0.3) is 11.3 Å². The number of urea groups is 1. The van der Waals surface area contributed by atoms with Gasteiger partial charge in [-0.15, -0.1) is 0 Å². The van der Waals surface area contributed by atoms with E-state index in [4.69, 9.17) is 9.47 Å². The smallest absolute Gasteiger partial charge is 0.323 e. The van der Waals surface area contributed by atoms with Gasteiger partial charge >= 0.3 is 6.03 Å². The summed E-state index contributed by atoms with van der Waals surface area (Å²) in [6, 6.07) is 10.9. The van der Waals surface area contributed by atoms with Gasteiger partial charge in [0.1, 0.15) is 11.5 Å². The van der Waals surface area contributed by atoms with E-state index >= 15 is 0 Å². The summed E-state index contributed by atoms with van der Waals surface area (Å²) in [6.07, 6.45) is 1.57. The van der Waals surface area contributed by atoms with E-state index in [0.29, 0.717) is 29.3 Å². The molecule has 2 amide bonds. The molecule has 144 valence electrons. The number of anilines is 2. The fourth-order valence-corrected chi connectivity index (χ4v) is 3.03. The van der Waals surface area contributed by atoms with E-state index in [0.717, 1.165) is 17.7 Å². The molecule has 0 saturated carbocycles. The Bertz CT molecular complexity index is 1020. The highest BCUT2D eigenvalue weighted by molar-refractivity contribution is 6.02. The number of nitrogens with one attached hydrogen (secondary N) is 3. The van der Waals surface area contributed by atoms with E-state index in [2.05, 4.69) is 20.8 Å². The second-order valence-corrected chi connectivity index (χ2v) is 6.30. The van der Waals surface area contributed by atoms with Crippen molar-refractivity contribution in [2.45, 2.75) is 19.8 Å². The molecule has 0 fully saturated rings. The highest BCUT2D eigenvalue weighted by Gasteiger charge is 2.20. The number of H-pyrrole nitrogens is 1. The molecule has 2 aromatic carbocycles. The summed E-state index contributed by atoms with van der Waals surface area (Å²) >= 11 is 0. The minimum Gasteiger partial charge on any atom is -0.454 e. The Kier molecular flexibility index (Phi) is 4.84. The van der Waals surface area contributed by atoms with Gasteiger partial charge in [-0.25, -0.2) is 9.18 Å². The highest BCUT2D eigenvalue weighted by atomic mass is 19.1. The number of hydrogen-bond donors (Lipinski definition) is 3. The van der Waals surface area contributed by atoms with Crippen LogP contribution in [0, 0.1) is 5.82 Å². The largest absolute Gasteiger partial charge is 0.454 e. The number of ether oxygens (including phenoxy) is 2. The predicted octanol–water partition coefficient (Wildman–Crippen LogP) is 4.54. The van der Waals surface area contributed by atoms with E-state index in [1.807, 2.05) is 19.1 Å². The van der Waals surface area contributed by atoms with Crippen molar-refractivity contribution >= 4 is 17.4 Å². The number of aromatic nitrogens is 2. The SMILES string of the molecule is CCCc1[nH]nc(-c2ccc3c(c2)OCO3)c1NC(=O)Nc1ccccc1F. The number of benzene rings is 2. The van der Waals surface area contributed by atoms with Crippen molar-refractivity contribution < 1.29 is 18.7 Å². The van der Waals surface area contributed by atoms with Crippen molar-refractivity contribution in [1.82, 2.24) is 10.2 Å². The minimum atomic E-state index is -0.550. The third kappa shape index (κ3) is 3.48. The van der Waals surface area contributed by atoms with Gasteiger partial charge in [-0.2, -0.15) is 5.10 Å². The number of amides is 2. The average Bonchev–Trinajstić information content (AvgIpc) is 3.30. The normalized spacial score (nSPS) is 12.1. The Hall–Kier alpha value is -3.55. The number of para-hydroxylation sites is 1. The molecule has 0 aliphatic carbocycles. The lowest BCUT2D eigenvalue weighted by Crippen LogP contribution is -2.21. The van der Waals surface area contributed by atoms with Gasteiger partial charge in [-0.3, -0.25) is 5.10 Å². The average molecular weight is 382 g/mol. The van der Waals surface area contributed by atoms with Gasteiger partial charge in [0, 0.05) is 5.56 Å². The number of fused-ring (bicyclic) bond motifs is 1. The van der Waals surface area contributed by atoms with Gasteiger partial charge in [-0.05, 0) is 36.8 Å². The van der Waals surface area contributed by atoms with E-state index < -0.39 is 11.8 Å². The molecule has 0 unspecified atom stereocenters. The van der Waals surface area contributed by atoms with Crippen molar-refractivity contribution in [3.05, 3.63) is 54.0 Å². The van der Waals surface area contributed by atoms with E-state index in [1.165, 1.54) is 12.1 Å². The number of hydrogen-bond acceptors (Lipinski definition) is 4. The first-order chi connectivity index (χ1) is 13.7. The maximum Gasteiger partial charge on any atom is 0.323 e. The molecular formula is C20H19FN4O3. The number of aromatic amines is 1. The molecule has 0 saturated heterocycles. The molecule has 0 radical (unpaired) electrons. The summed E-state index contributed by atoms with van der Waals surface area (Å²) in [4.78, 5) is 12.5. The molecule has 0 bridgehead atoms. The molecule has 1 aliphatic rings. The molecule has 7 nitrogen and oxygen atoms in total. The number of aryl methyl sites for hydroxylation is 1. The Morgan fingerprint density at radius 1 is 1.18 bits per heavy atom. The van der Waals surface area contributed by atoms with E-state index in [-0.39, 0.29) is 12.5 Å². The van der Waals surface area contributed by atoms with Crippen LogP contribution in [-0.4, -0.2) is 23.0 Å². The van der Waals surface area contributed by atoms with E-state index in [1.54, 1.807) is 18.2 Å². The second kappa shape index (κ2) is 7.59. The van der Waals surface area contributed by atoms with Crippen LogP contribution in [-0.2, 0) is 6.42 Å². The molecule has 0 spiro atoms. The highest BCUT2D eigenvalue weighted by Crippen LogP contribution is 2.38. The first kappa shape index (κ1) is 17.8. The Labute approximate surface area is 160 Å². The fraction of sp³-hybridized carbons (Fsp3) is 0.200. The number of rotatable bonds is 5. The van der Waals surface area contributed by atoms with Gasteiger partial charge in [0.2, 0.25) is 6.79 Å². The summed E-state index contributed by atoms with van der Waals surface area (Å²) in [5.74, 6) is 0.786.